The number of methoxy groups -OCH3 is 1. The highest BCUT2D eigenvalue weighted by Crippen LogP contribution is 2.25. The minimum atomic E-state index is 0.0325. The van der Waals surface area contributed by atoms with Crippen LogP contribution in [0.15, 0.2) is 54.6 Å². The summed E-state index contributed by atoms with van der Waals surface area (Å²) in [6.07, 6.45) is 2.34. The number of halogens is 1. The molecule has 30 heavy (non-hydrogen) atoms. The summed E-state index contributed by atoms with van der Waals surface area (Å²) >= 11 is 5.91. The zero-order valence-electron chi connectivity index (χ0n) is 16.9. The van der Waals surface area contributed by atoms with Crippen molar-refractivity contribution in [2.45, 2.75) is 25.3 Å². The van der Waals surface area contributed by atoms with E-state index in [1.807, 2.05) is 48.5 Å². The topological polar surface area (TPSA) is 70.2 Å². The van der Waals surface area contributed by atoms with Crippen LogP contribution in [-0.2, 0) is 11.2 Å². The Morgan fingerprint density at radius 1 is 1.23 bits per heavy atom. The summed E-state index contributed by atoms with van der Waals surface area (Å²) in [5.74, 6) is 1.76. The molecule has 4 rings (SSSR count). The van der Waals surface area contributed by atoms with Crippen LogP contribution in [0.5, 0.6) is 5.75 Å². The first-order valence-electron chi connectivity index (χ1n) is 10.1. The average molecular weight is 425 g/mol. The van der Waals surface area contributed by atoms with E-state index < -0.39 is 0 Å². The monoisotopic (exact) mass is 424 g/mol. The number of benzene rings is 2. The molecule has 1 amide bonds. The zero-order valence-corrected chi connectivity index (χ0v) is 17.7. The van der Waals surface area contributed by atoms with Gasteiger partial charge in [0.25, 0.3) is 0 Å². The molecule has 2 aromatic carbocycles. The number of nitrogens with one attached hydrogen (secondary N) is 2. The van der Waals surface area contributed by atoms with Crippen LogP contribution < -0.4 is 15.0 Å². The lowest BCUT2D eigenvalue weighted by Gasteiger charge is -2.33. The van der Waals surface area contributed by atoms with Gasteiger partial charge < -0.3 is 15.0 Å². The second kappa shape index (κ2) is 9.22. The first-order valence-corrected chi connectivity index (χ1v) is 10.5. The molecule has 2 heterocycles. The van der Waals surface area contributed by atoms with Crippen LogP contribution in [0.4, 0.5) is 5.82 Å². The Balaban J connectivity index is 1.36. The third-order valence-corrected chi connectivity index (χ3v) is 5.61. The molecule has 3 aromatic rings. The van der Waals surface area contributed by atoms with Gasteiger partial charge in [0.1, 0.15) is 5.75 Å². The van der Waals surface area contributed by atoms with E-state index in [9.17, 15) is 4.79 Å². The van der Waals surface area contributed by atoms with Gasteiger partial charge in [0, 0.05) is 30.2 Å². The van der Waals surface area contributed by atoms with Gasteiger partial charge >= 0.3 is 0 Å². The molecule has 1 aromatic heterocycles. The molecular formula is C23H25ClN4O2. The number of piperidine rings is 1. The Bertz CT molecular complexity index is 985. The number of hydrogen-bond acceptors (Lipinski definition) is 4. The summed E-state index contributed by atoms with van der Waals surface area (Å²) in [4.78, 5) is 14.7. The zero-order chi connectivity index (χ0) is 20.9. The van der Waals surface area contributed by atoms with Crippen molar-refractivity contribution >= 4 is 23.3 Å². The van der Waals surface area contributed by atoms with Crippen LogP contribution >= 0.6 is 11.6 Å². The Hall–Kier alpha value is -2.99. The lowest BCUT2D eigenvalue weighted by molar-refractivity contribution is -0.121. The highest BCUT2D eigenvalue weighted by Gasteiger charge is 2.23. The molecule has 0 saturated carbocycles. The molecule has 1 aliphatic rings. The minimum Gasteiger partial charge on any atom is -0.497 e. The van der Waals surface area contributed by atoms with Gasteiger partial charge in [0.05, 0.1) is 19.2 Å². The lowest BCUT2D eigenvalue weighted by Crippen LogP contribution is -2.48. The van der Waals surface area contributed by atoms with E-state index in [2.05, 4.69) is 26.5 Å². The van der Waals surface area contributed by atoms with Crippen LogP contribution in [0, 0.1) is 0 Å². The van der Waals surface area contributed by atoms with Crippen molar-refractivity contribution in [3.05, 3.63) is 65.2 Å². The summed E-state index contributed by atoms with van der Waals surface area (Å²) in [5, 5.41) is 11.5. The largest absolute Gasteiger partial charge is 0.497 e. The van der Waals surface area contributed by atoms with Crippen LogP contribution in [0.25, 0.3) is 11.3 Å². The number of ether oxygens (including phenoxy) is 1. The summed E-state index contributed by atoms with van der Waals surface area (Å²) in [7, 11) is 1.66. The molecule has 0 aliphatic carbocycles. The fourth-order valence-corrected chi connectivity index (χ4v) is 3.89. The first kappa shape index (κ1) is 20.3. The first-order chi connectivity index (χ1) is 14.6. The van der Waals surface area contributed by atoms with Gasteiger partial charge in [-0.15, -0.1) is 0 Å². The molecule has 1 saturated heterocycles. The van der Waals surface area contributed by atoms with Crippen LogP contribution in [0.2, 0.25) is 5.02 Å². The second-order valence-corrected chi connectivity index (χ2v) is 7.96. The molecule has 156 valence electrons. The van der Waals surface area contributed by atoms with E-state index in [1.54, 1.807) is 7.11 Å². The number of rotatable bonds is 6. The van der Waals surface area contributed by atoms with Gasteiger partial charge in [-0.3, -0.25) is 9.89 Å². The highest BCUT2D eigenvalue weighted by atomic mass is 35.5. The number of H-pyrrole nitrogens is 1. The minimum absolute atomic E-state index is 0.0325. The molecule has 1 atom stereocenters. The van der Waals surface area contributed by atoms with Crippen molar-refractivity contribution in [2.75, 3.05) is 25.1 Å². The van der Waals surface area contributed by atoms with Crippen LogP contribution in [-0.4, -0.2) is 42.3 Å². The third kappa shape index (κ3) is 4.94. The van der Waals surface area contributed by atoms with E-state index in [0.29, 0.717) is 11.4 Å². The molecular weight excluding hydrogens is 400 g/mol. The van der Waals surface area contributed by atoms with Crippen molar-refractivity contribution < 1.29 is 9.53 Å². The molecule has 0 bridgehead atoms. The Kier molecular flexibility index (Phi) is 6.23. The molecule has 1 fully saturated rings. The maximum Gasteiger partial charge on any atom is 0.224 e. The maximum atomic E-state index is 12.5. The van der Waals surface area contributed by atoms with Crippen molar-refractivity contribution in [1.29, 1.82) is 0 Å². The fourth-order valence-electron chi connectivity index (χ4n) is 3.76. The van der Waals surface area contributed by atoms with Gasteiger partial charge in [0.15, 0.2) is 5.82 Å². The number of aromatic nitrogens is 2. The summed E-state index contributed by atoms with van der Waals surface area (Å²) in [6.45, 7) is 1.68. The fraction of sp³-hybridized carbons (Fsp3) is 0.304. The quantitative estimate of drug-likeness (QED) is 0.625. The Morgan fingerprint density at radius 3 is 2.73 bits per heavy atom. The van der Waals surface area contributed by atoms with E-state index in [1.165, 1.54) is 0 Å². The van der Waals surface area contributed by atoms with Gasteiger partial charge in [-0.25, -0.2) is 0 Å². The number of hydrogen-bond donors (Lipinski definition) is 2. The smallest absolute Gasteiger partial charge is 0.224 e. The van der Waals surface area contributed by atoms with Crippen LogP contribution in [0.1, 0.15) is 18.4 Å². The molecule has 1 unspecified atom stereocenters. The highest BCUT2D eigenvalue weighted by molar-refractivity contribution is 6.30. The molecule has 6 nitrogen and oxygen atoms in total. The van der Waals surface area contributed by atoms with Crippen molar-refractivity contribution in [1.82, 2.24) is 15.5 Å². The van der Waals surface area contributed by atoms with E-state index >= 15 is 0 Å². The van der Waals surface area contributed by atoms with Gasteiger partial charge in [-0.05, 0) is 60.4 Å². The van der Waals surface area contributed by atoms with Gasteiger partial charge in [-0.2, -0.15) is 5.10 Å². The van der Waals surface area contributed by atoms with Crippen molar-refractivity contribution in [3.8, 4) is 17.0 Å². The molecule has 2 N–H and O–H groups in total. The summed E-state index contributed by atoms with van der Waals surface area (Å²) in [5.41, 5.74) is 2.97. The third-order valence-electron chi connectivity index (χ3n) is 5.35. The predicted molar refractivity (Wildman–Crippen MR) is 119 cm³/mol. The van der Waals surface area contributed by atoms with Gasteiger partial charge in [0.2, 0.25) is 5.91 Å². The predicted octanol–water partition coefficient (Wildman–Crippen LogP) is 4.07. The normalized spacial score (nSPS) is 16.3. The molecule has 0 spiro atoms. The molecule has 0 radical (unpaired) electrons. The van der Waals surface area contributed by atoms with Crippen molar-refractivity contribution in [2.24, 2.45) is 0 Å². The average Bonchev–Trinajstić information content (AvgIpc) is 3.26. The van der Waals surface area contributed by atoms with E-state index in [-0.39, 0.29) is 11.9 Å². The SMILES string of the molecule is COc1ccc(-c2cc(N3CCCC(NC(=O)Cc4ccc(Cl)cc4)C3)n[nH]2)cc1. The number of amides is 1. The number of aromatic amines is 1. The summed E-state index contributed by atoms with van der Waals surface area (Å²) < 4.78 is 5.22. The van der Waals surface area contributed by atoms with Crippen molar-refractivity contribution in [3.63, 3.8) is 0 Å². The maximum absolute atomic E-state index is 12.5. The van der Waals surface area contributed by atoms with E-state index in [0.717, 1.165) is 54.3 Å². The number of carbonyl (C=O) groups is 1. The Labute approximate surface area is 181 Å². The molecule has 1 aliphatic heterocycles. The second-order valence-electron chi connectivity index (χ2n) is 7.52. The lowest BCUT2D eigenvalue weighted by atomic mass is 10.0. The number of anilines is 1. The Morgan fingerprint density at radius 2 is 2.00 bits per heavy atom. The number of nitrogens with zero attached hydrogens (tertiary/aromatic N) is 2. The van der Waals surface area contributed by atoms with E-state index in [4.69, 9.17) is 16.3 Å². The molecule has 7 heteroatoms. The summed E-state index contributed by atoms with van der Waals surface area (Å²) in [6, 6.07) is 17.4. The van der Waals surface area contributed by atoms with Crippen LogP contribution in [0.3, 0.4) is 0 Å². The van der Waals surface area contributed by atoms with Gasteiger partial charge in [-0.1, -0.05) is 23.7 Å². The number of carbonyl (C=O) groups excluding carboxylic acids is 1. The standard InChI is InChI=1S/C23H25ClN4O2/c1-30-20-10-6-17(7-11-20)21-14-22(27-26-21)28-12-2-3-19(15-28)25-23(29)13-16-4-8-18(24)9-5-16/h4-11,14,19H,2-3,12-13,15H2,1H3,(H,25,29)(H,26,27).